The van der Waals surface area contributed by atoms with Crippen molar-refractivity contribution in [1.82, 2.24) is 0 Å². The summed E-state index contributed by atoms with van der Waals surface area (Å²) in [5.74, 6) is -0.252. The van der Waals surface area contributed by atoms with Crippen LogP contribution in [-0.2, 0) is 21.2 Å². The summed E-state index contributed by atoms with van der Waals surface area (Å²) in [5.41, 5.74) is 1.76. The van der Waals surface area contributed by atoms with Crippen LogP contribution in [0.3, 0.4) is 0 Å². The van der Waals surface area contributed by atoms with Crippen molar-refractivity contribution in [1.29, 1.82) is 0 Å². The van der Waals surface area contributed by atoms with Crippen molar-refractivity contribution < 1.29 is 13.2 Å². The second-order valence-corrected chi connectivity index (χ2v) is 7.46. The Morgan fingerprint density at radius 3 is 2.38 bits per heavy atom. The number of benzene rings is 2. The largest absolute Gasteiger partial charge is 0.326 e. The Kier molecular flexibility index (Phi) is 5.85. The van der Waals surface area contributed by atoms with Gasteiger partial charge in [-0.1, -0.05) is 37.1 Å². The van der Waals surface area contributed by atoms with Crippen LogP contribution in [0, 0.1) is 0 Å². The Balaban J connectivity index is 2.26. The molecule has 7 heteroatoms. The number of hydrogen-bond donors (Lipinski definition) is 2. The standard InChI is InChI=1S/C17H19ClN2O3S/c1-3-4-13-5-8-15(9-6-13)24(22,23)20-17-11-14(19-12(2)21)7-10-16(17)18/h5-11,20H,3-4H2,1-2H3,(H,19,21). The second-order valence-electron chi connectivity index (χ2n) is 5.38. The maximum atomic E-state index is 12.5. The summed E-state index contributed by atoms with van der Waals surface area (Å²) in [4.78, 5) is 11.3. The van der Waals surface area contributed by atoms with E-state index in [0.29, 0.717) is 5.69 Å². The van der Waals surface area contributed by atoms with Crippen LogP contribution in [0.15, 0.2) is 47.4 Å². The number of anilines is 2. The molecule has 0 unspecified atom stereocenters. The van der Waals surface area contributed by atoms with Gasteiger partial charge in [0.25, 0.3) is 10.0 Å². The van der Waals surface area contributed by atoms with Gasteiger partial charge in [0.1, 0.15) is 0 Å². The number of carbonyl (C=O) groups excluding carboxylic acids is 1. The van der Waals surface area contributed by atoms with E-state index in [1.54, 1.807) is 30.3 Å². The number of halogens is 1. The summed E-state index contributed by atoms with van der Waals surface area (Å²) in [5, 5.41) is 2.83. The molecule has 0 aliphatic carbocycles. The molecule has 0 spiro atoms. The molecule has 0 heterocycles. The molecule has 1 amide bonds. The molecule has 0 radical (unpaired) electrons. The Hall–Kier alpha value is -2.05. The fourth-order valence-electron chi connectivity index (χ4n) is 2.21. The molecule has 0 aromatic heterocycles. The van der Waals surface area contributed by atoms with Crippen molar-refractivity contribution in [3.8, 4) is 0 Å². The molecule has 2 rings (SSSR count). The van der Waals surface area contributed by atoms with E-state index in [4.69, 9.17) is 11.6 Å². The van der Waals surface area contributed by atoms with Gasteiger partial charge < -0.3 is 5.32 Å². The Morgan fingerprint density at radius 2 is 1.79 bits per heavy atom. The summed E-state index contributed by atoms with van der Waals surface area (Å²) in [6, 6.07) is 11.3. The van der Waals surface area contributed by atoms with Crippen LogP contribution in [0.2, 0.25) is 5.02 Å². The van der Waals surface area contributed by atoms with Crippen molar-refractivity contribution in [3.63, 3.8) is 0 Å². The van der Waals surface area contributed by atoms with Crippen LogP contribution in [0.25, 0.3) is 0 Å². The van der Waals surface area contributed by atoms with Crippen LogP contribution >= 0.6 is 11.6 Å². The van der Waals surface area contributed by atoms with Gasteiger partial charge >= 0.3 is 0 Å². The van der Waals surface area contributed by atoms with Gasteiger partial charge in [0.05, 0.1) is 15.6 Å². The molecule has 0 saturated heterocycles. The summed E-state index contributed by atoms with van der Waals surface area (Å²) in [6.07, 6.45) is 1.90. The van der Waals surface area contributed by atoms with E-state index in [9.17, 15) is 13.2 Å². The highest BCUT2D eigenvalue weighted by Gasteiger charge is 2.16. The lowest BCUT2D eigenvalue weighted by atomic mass is 10.1. The maximum absolute atomic E-state index is 12.5. The van der Waals surface area contributed by atoms with Gasteiger partial charge in [-0.3, -0.25) is 9.52 Å². The SMILES string of the molecule is CCCc1ccc(S(=O)(=O)Nc2cc(NC(C)=O)ccc2Cl)cc1. The van der Waals surface area contributed by atoms with Gasteiger partial charge in [-0.05, 0) is 42.3 Å². The molecule has 0 fully saturated rings. The van der Waals surface area contributed by atoms with Crippen molar-refractivity contribution in [2.45, 2.75) is 31.6 Å². The van der Waals surface area contributed by atoms with Crippen LogP contribution in [-0.4, -0.2) is 14.3 Å². The van der Waals surface area contributed by atoms with E-state index in [0.717, 1.165) is 18.4 Å². The molecule has 0 aliphatic heterocycles. The molecule has 0 bridgehead atoms. The van der Waals surface area contributed by atoms with Gasteiger partial charge in [-0.15, -0.1) is 0 Å². The average Bonchev–Trinajstić information content (AvgIpc) is 2.51. The van der Waals surface area contributed by atoms with Gasteiger partial charge in [0, 0.05) is 12.6 Å². The summed E-state index contributed by atoms with van der Waals surface area (Å²) < 4.78 is 27.5. The second kappa shape index (κ2) is 7.68. The monoisotopic (exact) mass is 366 g/mol. The van der Waals surface area contributed by atoms with Gasteiger partial charge in [0.2, 0.25) is 5.91 Å². The van der Waals surface area contributed by atoms with Gasteiger partial charge in [-0.2, -0.15) is 0 Å². The molecule has 0 atom stereocenters. The van der Waals surface area contributed by atoms with Crippen LogP contribution in [0.4, 0.5) is 11.4 Å². The molecule has 0 saturated carbocycles. The smallest absolute Gasteiger partial charge is 0.261 e. The lowest BCUT2D eigenvalue weighted by molar-refractivity contribution is -0.114. The maximum Gasteiger partial charge on any atom is 0.261 e. The average molecular weight is 367 g/mol. The third-order valence-electron chi connectivity index (χ3n) is 3.30. The first-order valence-corrected chi connectivity index (χ1v) is 9.37. The Labute approximate surface area is 147 Å². The van der Waals surface area contributed by atoms with Crippen molar-refractivity contribution in [2.75, 3.05) is 10.0 Å². The predicted molar refractivity (Wildman–Crippen MR) is 97.0 cm³/mol. The molecule has 128 valence electrons. The third kappa shape index (κ3) is 4.72. The number of hydrogen-bond acceptors (Lipinski definition) is 3. The van der Waals surface area contributed by atoms with Crippen LogP contribution in [0.5, 0.6) is 0 Å². The molecule has 2 aromatic carbocycles. The predicted octanol–water partition coefficient (Wildman–Crippen LogP) is 4.05. The van der Waals surface area contributed by atoms with Crippen LogP contribution < -0.4 is 10.0 Å². The van der Waals surface area contributed by atoms with Crippen molar-refractivity contribution >= 4 is 38.9 Å². The number of rotatable bonds is 6. The van der Waals surface area contributed by atoms with E-state index >= 15 is 0 Å². The zero-order chi connectivity index (χ0) is 17.7. The number of amides is 1. The van der Waals surface area contributed by atoms with Gasteiger partial charge in [0.15, 0.2) is 0 Å². The molecule has 24 heavy (non-hydrogen) atoms. The van der Waals surface area contributed by atoms with E-state index in [-0.39, 0.29) is 21.5 Å². The minimum absolute atomic E-state index is 0.156. The minimum Gasteiger partial charge on any atom is -0.326 e. The highest BCUT2D eigenvalue weighted by atomic mass is 35.5. The molecule has 2 aromatic rings. The zero-order valence-electron chi connectivity index (χ0n) is 13.5. The minimum atomic E-state index is -3.76. The first-order chi connectivity index (χ1) is 11.3. The van der Waals surface area contributed by atoms with Crippen molar-refractivity contribution in [2.24, 2.45) is 0 Å². The first-order valence-electron chi connectivity index (χ1n) is 7.50. The number of sulfonamides is 1. The summed E-state index contributed by atoms with van der Waals surface area (Å²) in [6.45, 7) is 3.44. The fourth-order valence-corrected chi connectivity index (χ4v) is 3.50. The number of aryl methyl sites for hydroxylation is 1. The quantitative estimate of drug-likeness (QED) is 0.809. The van der Waals surface area contributed by atoms with Crippen LogP contribution in [0.1, 0.15) is 25.8 Å². The highest BCUT2D eigenvalue weighted by molar-refractivity contribution is 7.92. The highest BCUT2D eigenvalue weighted by Crippen LogP contribution is 2.28. The first kappa shape index (κ1) is 18.3. The lowest BCUT2D eigenvalue weighted by Gasteiger charge is -2.12. The third-order valence-corrected chi connectivity index (χ3v) is 5.01. The lowest BCUT2D eigenvalue weighted by Crippen LogP contribution is -2.14. The topological polar surface area (TPSA) is 75.3 Å². The van der Waals surface area contributed by atoms with E-state index in [1.807, 2.05) is 0 Å². The normalized spacial score (nSPS) is 11.1. The summed E-state index contributed by atoms with van der Waals surface area (Å²) in [7, 11) is -3.76. The molecular formula is C17H19ClN2O3S. The molecule has 0 aliphatic rings. The Morgan fingerprint density at radius 1 is 1.12 bits per heavy atom. The van der Waals surface area contributed by atoms with Gasteiger partial charge in [-0.25, -0.2) is 8.42 Å². The van der Waals surface area contributed by atoms with E-state index in [2.05, 4.69) is 17.0 Å². The zero-order valence-corrected chi connectivity index (χ0v) is 15.0. The number of carbonyl (C=O) groups is 1. The fraction of sp³-hybridized carbons (Fsp3) is 0.235. The molecule has 2 N–H and O–H groups in total. The van der Waals surface area contributed by atoms with Crippen molar-refractivity contribution in [3.05, 3.63) is 53.1 Å². The molecular weight excluding hydrogens is 348 g/mol. The van der Waals surface area contributed by atoms with E-state index in [1.165, 1.54) is 19.1 Å². The number of nitrogens with one attached hydrogen (secondary N) is 2. The summed E-state index contributed by atoms with van der Waals surface area (Å²) >= 11 is 6.05. The Bertz CT molecular complexity index is 833. The molecule has 5 nitrogen and oxygen atoms in total. The van der Waals surface area contributed by atoms with E-state index < -0.39 is 10.0 Å².